The maximum Gasteiger partial charge on any atom is 0.137 e. The Bertz CT molecular complexity index is 720. The van der Waals surface area contributed by atoms with Gasteiger partial charge in [-0.3, -0.25) is 0 Å². The van der Waals surface area contributed by atoms with Crippen LogP contribution in [0.2, 0.25) is 0 Å². The van der Waals surface area contributed by atoms with Gasteiger partial charge in [0.2, 0.25) is 0 Å². The summed E-state index contributed by atoms with van der Waals surface area (Å²) in [7, 11) is 0. The summed E-state index contributed by atoms with van der Waals surface area (Å²) in [5.41, 5.74) is 4.64. The predicted octanol–water partition coefficient (Wildman–Crippen LogP) is 4.93. The molecule has 3 heteroatoms. The highest BCUT2D eigenvalue weighted by Crippen LogP contribution is 2.30. The Morgan fingerprint density at radius 1 is 1.00 bits per heavy atom. The van der Waals surface area contributed by atoms with Crippen molar-refractivity contribution in [2.24, 2.45) is 0 Å². The molecule has 0 aliphatic rings. The average Bonchev–Trinajstić information content (AvgIpc) is 2.47. The lowest BCUT2D eigenvalue weighted by atomic mass is 10.0. The Labute approximate surface area is 120 Å². The smallest absolute Gasteiger partial charge is 0.137 e. The summed E-state index contributed by atoms with van der Waals surface area (Å²) in [6.45, 7) is 2.10. The first kappa shape index (κ1) is 12.2. The number of anilines is 1. The van der Waals surface area contributed by atoms with Gasteiger partial charge in [0, 0.05) is 21.5 Å². The zero-order valence-electron chi connectivity index (χ0n) is 10.5. The second kappa shape index (κ2) is 5.02. The van der Waals surface area contributed by atoms with Crippen molar-refractivity contribution in [3.05, 3.63) is 60.2 Å². The highest BCUT2D eigenvalue weighted by Gasteiger charge is 2.07. The van der Waals surface area contributed by atoms with E-state index < -0.39 is 0 Å². The van der Waals surface area contributed by atoms with Crippen molar-refractivity contribution >= 4 is 32.9 Å². The van der Waals surface area contributed by atoms with Crippen LogP contribution >= 0.6 is 16.1 Å². The van der Waals surface area contributed by atoms with Crippen LogP contribution in [0.3, 0.4) is 0 Å². The maximum absolute atomic E-state index is 4.54. The van der Waals surface area contributed by atoms with Crippen LogP contribution in [0.5, 0.6) is 0 Å². The molecule has 0 aliphatic carbocycles. The first-order chi connectivity index (χ1) is 9.28. The Morgan fingerprint density at radius 3 is 2.47 bits per heavy atom. The number of fused-ring (bicyclic) bond motifs is 1. The van der Waals surface area contributed by atoms with E-state index in [4.69, 9.17) is 0 Å². The molecule has 0 bridgehead atoms. The van der Waals surface area contributed by atoms with Crippen LogP contribution in [0.1, 0.15) is 5.56 Å². The number of pyridine rings is 1. The Morgan fingerprint density at radius 2 is 1.74 bits per heavy atom. The van der Waals surface area contributed by atoms with Gasteiger partial charge >= 0.3 is 0 Å². The van der Waals surface area contributed by atoms with Gasteiger partial charge in [0.05, 0.1) is 5.52 Å². The number of halogens is 1. The highest BCUT2D eigenvalue weighted by atomic mass is 79.9. The van der Waals surface area contributed by atoms with Gasteiger partial charge in [-0.25, -0.2) is 4.98 Å². The molecule has 3 aromatic rings. The van der Waals surface area contributed by atoms with Crippen LogP contribution in [0, 0.1) is 6.92 Å². The zero-order chi connectivity index (χ0) is 13.2. The van der Waals surface area contributed by atoms with Crippen molar-refractivity contribution in [3.63, 3.8) is 0 Å². The molecule has 19 heavy (non-hydrogen) atoms. The fourth-order valence-electron chi connectivity index (χ4n) is 2.20. The highest BCUT2D eigenvalue weighted by molar-refractivity contribution is 9.10. The maximum atomic E-state index is 4.54. The Kier molecular flexibility index (Phi) is 3.22. The van der Waals surface area contributed by atoms with Gasteiger partial charge < -0.3 is 4.34 Å². The molecule has 0 saturated heterocycles. The number of hydrogen-bond acceptors (Lipinski definition) is 2. The molecule has 0 aliphatic heterocycles. The third-order valence-corrected chi connectivity index (χ3v) is 3.58. The Hall–Kier alpha value is -1.87. The van der Waals surface area contributed by atoms with Crippen molar-refractivity contribution < 1.29 is 0 Å². The molecule has 1 aromatic heterocycles. The topological polar surface area (TPSA) is 24.9 Å². The molecule has 0 fully saturated rings. The van der Waals surface area contributed by atoms with E-state index in [1.54, 1.807) is 0 Å². The number of hydrogen-bond donors (Lipinski definition) is 1. The summed E-state index contributed by atoms with van der Waals surface area (Å²) in [6, 6.07) is 18.8. The minimum Gasteiger partial charge on any atom is -0.307 e. The standard InChI is InChI=1S/C16H13BrN2/c1-11-6-8-12(9-7-11)14-10-16(19-17)18-15-5-3-2-4-13(14)15/h2-10H,1H3,(H,18,19). The summed E-state index contributed by atoms with van der Waals surface area (Å²) in [6.07, 6.45) is 0. The molecule has 0 atom stereocenters. The fourth-order valence-corrected chi connectivity index (χ4v) is 2.40. The molecular formula is C16H13BrN2. The van der Waals surface area contributed by atoms with Gasteiger partial charge in [-0.2, -0.15) is 0 Å². The zero-order valence-corrected chi connectivity index (χ0v) is 12.1. The molecular weight excluding hydrogens is 300 g/mol. The molecule has 0 unspecified atom stereocenters. The largest absolute Gasteiger partial charge is 0.307 e. The predicted molar refractivity (Wildman–Crippen MR) is 84.5 cm³/mol. The number of nitrogens with one attached hydrogen (secondary N) is 1. The molecule has 0 amide bonds. The quantitative estimate of drug-likeness (QED) is 0.678. The first-order valence-electron chi connectivity index (χ1n) is 6.11. The monoisotopic (exact) mass is 312 g/mol. The van der Waals surface area contributed by atoms with E-state index in [-0.39, 0.29) is 0 Å². The van der Waals surface area contributed by atoms with E-state index in [9.17, 15) is 0 Å². The number of benzene rings is 2. The third-order valence-electron chi connectivity index (χ3n) is 3.18. The Balaban J connectivity index is 2.29. The normalized spacial score (nSPS) is 10.6. The van der Waals surface area contributed by atoms with E-state index in [0.29, 0.717) is 0 Å². The number of rotatable bonds is 2. The molecule has 94 valence electrons. The number of aryl methyl sites for hydroxylation is 1. The lowest BCUT2D eigenvalue weighted by Crippen LogP contribution is -1.90. The molecule has 3 rings (SSSR count). The van der Waals surface area contributed by atoms with Crippen LogP contribution < -0.4 is 4.34 Å². The van der Waals surface area contributed by atoms with E-state index in [1.165, 1.54) is 16.7 Å². The van der Waals surface area contributed by atoms with Crippen molar-refractivity contribution in [2.75, 3.05) is 4.34 Å². The van der Waals surface area contributed by atoms with Gasteiger partial charge in [0.1, 0.15) is 5.82 Å². The van der Waals surface area contributed by atoms with E-state index in [2.05, 4.69) is 68.8 Å². The second-order valence-corrected chi connectivity index (χ2v) is 4.93. The summed E-state index contributed by atoms with van der Waals surface area (Å²) < 4.78 is 2.94. The third kappa shape index (κ3) is 2.34. The van der Waals surface area contributed by atoms with Crippen LogP contribution in [0.4, 0.5) is 5.82 Å². The molecule has 0 radical (unpaired) electrons. The lowest BCUT2D eigenvalue weighted by molar-refractivity contribution is 1.41. The van der Waals surface area contributed by atoms with E-state index in [1.807, 2.05) is 18.2 Å². The molecule has 1 N–H and O–H groups in total. The fraction of sp³-hybridized carbons (Fsp3) is 0.0625. The minimum absolute atomic E-state index is 0.814. The van der Waals surface area contributed by atoms with Crippen LogP contribution in [-0.2, 0) is 0 Å². The van der Waals surface area contributed by atoms with Crippen molar-refractivity contribution in [3.8, 4) is 11.1 Å². The van der Waals surface area contributed by atoms with Gasteiger partial charge in [-0.05, 0) is 30.2 Å². The number of nitrogens with zero attached hydrogens (tertiary/aromatic N) is 1. The number of para-hydroxylation sites is 1. The molecule has 0 saturated carbocycles. The van der Waals surface area contributed by atoms with Crippen molar-refractivity contribution in [1.82, 2.24) is 4.98 Å². The van der Waals surface area contributed by atoms with Gasteiger partial charge in [-0.15, -0.1) is 0 Å². The SMILES string of the molecule is Cc1ccc(-c2cc(NBr)nc3ccccc23)cc1. The lowest BCUT2D eigenvalue weighted by Gasteiger charge is -2.09. The molecule has 2 aromatic carbocycles. The number of aromatic nitrogens is 1. The van der Waals surface area contributed by atoms with Gasteiger partial charge in [-0.1, -0.05) is 48.0 Å². The molecule has 0 spiro atoms. The first-order valence-corrected chi connectivity index (χ1v) is 6.91. The second-order valence-electron chi connectivity index (χ2n) is 4.53. The summed E-state index contributed by atoms with van der Waals surface area (Å²) in [5.74, 6) is 0.814. The molecule has 2 nitrogen and oxygen atoms in total. The van der Waals surface area contributed by atoms with Crippen molar-refractivity contribution in [2.45, 2.75) is 6.92 Å². The summed E-state index contributed by atoms with van der Waals surface area (Å²) in [5, 5.41) is 1.16. The summed E-state index contributed by atoms with van der Waals surface area (Å²) >= 11 is 3.25. The molecule has 1 heterocycles. The summed E-state index contributed by atoms with van der Waals surface area (Å²) in [4.78, 5) is 4.54. The van der Waals surface area contributed by atoms with E-state index >= 15 is 0 Å². The van der Waals surface area contributed by atoms with E-state index in [0.717, 1.165) is 16.7 Å². The minimum atomic E-state index is 0.814. The average molecular weight is 313 g/mol. The van der Waals surface area contributed by atoms with Crippen LogP contribution in [-0.4, -0.2) is 4.98 Å². The van der Waals surface area contributed by atoms with Gasteiger partial charge in [0.15, 0.2) is 0 Å². The van der Waals surface area contributed by atoms with Crippen molar-refractivity contribution in [1.29, 1.82) is 0 Å². The van der Waals surface area contributed by atoms with Crippen LogP contribution in [0.25, 0.3) is 22.0 Å². The van der Waals surface area contributed by atoms with Gasteiger partial charge in [0.25, 0.3) is 0 Å². The van der Waals surface area contributed by atoms with Crippen LogP contribution in [0.15, 0.2) is 54.6 Å².